The smallest absolute Gasteiger partial charge is 0.362 e. The molecule has 0 rings (SSSR count). The molecule has 0 heterocycles. The van der Waals surface area contributed by atoms with Gasteiger partial charge in [-0.2, -0.15) is 0 Å². The summed E-state index contributed by atoms with van der Waals surface area (Å²) in [7, 11) is 0. The quantitative estimate of drug-likeness (QED) is 0.227. The molecule has 0 saturated heterocycles. The van der Waals surface area contributed by atoms with E-state index >= 15 is 0 Å². The zero-order valence-corrected chi connectivity index (χ0v) is 15.2. The molecule has 0 aromatic heterocycles. The highest BCUT2D eigenvalue weighted by atomic mass is 35.5. The summed E-state index contributed by atoms with van der Waals surface area (Å²) in [5, 5.41) is 0. The fourth-order valence-electron chi connectivity index (χ4n) is 2.27. The van der Waals surface area contributed by atoms with Crippen LogP contribution in [-0.4, -0.2) is 24.3 Å². The van der Waals surface area contributed by atoms with Crippen molar-refractivity contribution in [3.8, 4) is 0 Å². The average Bonchev–Trinajstić information content (AvgIpc) is 2.58. The first kappa shape index (κ1) is 22.6. The maximum Gasteiger partial charge on any atom is 0.362 e. The molecular formula is C18H29ClO5. The van der Waals surface area contributed by atoms with Crippen molar-refractivity contribution in [3.63, 3.8) is 0 Å². The first-order valence-electron chi connectivity index (χ1n) is 8.69. The molecule has 24 heavy (non-hydrogen) atoms. The number of Topliss-reactive ketones (excluding diaryl/α,β-unsaturated/α-hetero) is 1. The SMILES string of the molecule is C=CCCCCCCCCC(=O)CCCCC(=O)OCC(=O)OCl. The Balaban J connectivity index is 3.39. The topological polar surface area (TPSA) is 69.7 Å². The molecule has 0 radical (unpaired) electrons. The second-order valence-electron chi connectivity index (χ2n) is 5.80. The van der Waals surface area contributed by atoms with E-state index in [1.807, 2.05) is 6.08 Å². The van der Waals surface area contributed by atoms with E-state index in [-0.39, 0.29) is 12.2 Å². The summed E-state index contributed by atoms with van der Waals surface area (Å²) in [4.78, 5) is 33.7. The molecule has 0 spiro atoms. The Morgan fingerprint density at radius 1 is 0.792 bits per heavy atom. The predicted molar refractivity (Wildman–Crippen MR) is 93.5 cm³/mol. The molecular weight excluding hydrogens is 332 g/mol. The summed E-state index contributed by atoms with van der Waals surface area (Å²) < 4.78 is 8.48. The molecule has 0 aliphatic carbocycles. The highest BCUT2D eigenvalue weighted by Crippen LogP contribution is 2.11. The van der Waals surface area contributed by atoms with Crippen molar-refractivity contribution in [2.24, 2.45) is 0 Å². The number of rotatable bonds is 16. The van der Waals surface area contributed by atoms with Crippen molar-refractivity contribution in [1.29, 1.82) is 0 Å². The zero-order chi connectivity index (χ0) is 18.0. The number of carbonyl (C=O) groups excluding carboxylic acids is 3. The summed E-state index contributed by atoms with van der Waals surface area (Å²) in [5.74, 6) is -1.04. The number of esters is 1. The standard InChI is InChI=1S/C18H29ClO5/c1-2-3-4-5-6-7-8-9-12-16(20)13-10-11-14-17(21)23-15-18(22)24-19/h2H,1,3-15H2. The van der Waals surface area contributed by atoms with Gasteiger partial charge in [0.15, 0.2) is 6.61 Å². The first-order valence-corrected chi connectivity index (χ1v) is 9.00. The summed E-state index contributed by atoms with van der Waals surface area (Å²) in [6.07, 6.45) is 12.5. The molecule has 138 valence electrons. The Hall–Kier alpha value is -1.36. The van der Waals surface area contributed by atoms with Gasteiger partial charge in [0, 0.05) is 19.3 Å². The van der Waals surface area contributed by atoms with Crippen LogP contribution in [0.25, 0.3) is 0 Å². The molecule has 0 aliphatic heterocycles. The van der Waals surface area contributed by atoms with Crippen LogP contribution in [-0.2, 0) is 23.4 Å². The molecule has 5 nitrogen and oxygen atoms in total. The molecule has 0 aromatic rings. The summed E-state index contributed by atoms with van der Waals surface area (Å²) >= 11 is 4.80. The van der Waals surface area contributed by atoms with Crippen LogP contribution in [0.1, 0.15) is 77.0 Å². The van der Waals surface area contributed by atoms with Crippen molar-refractivity contribution in [1.82, 2.24) is 0 Å². The number of ketones is 1. The van der Waals surface area contributed by atoms with Crippen molar-refractivity contribution < 1.29 is 23.4 Å². The van der Waals surface area contributed by atoms with Gasteiger partial charge in [-0.1, -0.05) is 31.8 Å². The average molecular weight is 361 g/mol. The van der Waals surface area contributed by atoms with Gasteiger partial charge < -0.3 is 9.03 Å². The van der Waals surface area contributed by atoms with Gasteiger partial charge in [-0.05, 0) is 32.1 Å². The second kappa shape index (κ2) is 16.5. The van der Waals surface area contributed by atoms with Crippen molar-refractivity contribution in [3.05, 3.63) is 12.7 Å². The van der Waals surface area contributed by atoms with E-state index in [0.717, 1.165) is 19.3 Å². The van der Waals surface area contributed by atoms with E-state index in [0.29, 0.717) is 25.7 Å². The molecule has 0 atom stereocenters. The van der Waals surface area contributed by atoms with E-state index in [2.05, 4.69) is 15.6 Å². The highest BCUT2D eigenvalue weighted by Gasteiger charge is 2.08. The minimum atomic E-state index is -0.805. The maximum absolute atomic E-state index is 11.7. The molecule has 0 amide bonds. The van der Waals surface area contributed by atoms with E-state index in [1.54, 1.807) is 0 Å². The Morgan fingerprint density at radius 3 is 1.96 bits per heavy atom. The van der Waals surface area contributed by atoms with Gasteiger partial charge in [0.2, 0.25) is 0 Å². The number of hydrogen-bond donors (Lipinski definition) is 0. The number of halogens is 1. The highest BCUT2D eigenvalue weighted by molar-refractivity contribution is 6.13. The third kappa shape index (κ3) is 15.5. The summed E-state index contributed by atoms with van der Waals surface area (Å²) in [6, 6.07) is 0. The number of allylic oxidation sites excluding steroid dienone is 1. The molecule has 0 fully saturated rings. The molecule has 0 aliphatic rings. The lowest BCUT2D eigenvalue weighted by Crippen LogP contribution is -2.13. The van der Waals surface area contributed by atoms with Crippen LogP contribution in [0, 0.1) is 0 Å². The van der Waals surface area contributed by atoms with Crippen LogP contribution in [0.15, 0.2) is 12.7 Å². The number of hydrogen-bond acceptors (Lipinski definition) is 5. The molecule has 0 saturated carbocycles. The fraction of sp³-hybridized carbons (Fsp3) is 0.722. The lowest BCUT2D eigenvalue weighted by molar-refractivity contribution is -0.153. The van der Waals surface area contributed by atoms with E-state index in [9.17, 15) is 14.4 Å². The maximum atomic E-state index is 11.7. The van der Waals surface area contributed by atoms with Gasteiger partial charge in [0.25, 0.3) is 0 Å². The Labute approximate surface area is 149 Å². The number of carbonyl (C=O) groups is 3. The van der Waals surface area contributed by atoms with Gasteiger partial charge in [-0.15, -0.1) is 6.58 Å². The van der Waals surface area contributed by atoms with Gasteiger partial charge in [-0.25, -0.2) is 4.79 Å². The predicted octanol–water partition coefficient (Wildman–Crippen LogP) is 4.66. The lowest BCUT2D eigenvalue weighted by Gasteiger charge is -2.03. The van der Waals surface area contributed by atoms with Crippen LogP contribution in [0.3, 0.4) is 0 Å². The van der Waals surface area contributed by atoms with Crippen LogP contribution in [0.4, 0.5) is 0 Å². The summed E-state index contributed by atoms with van der Waals surface area (Å²) in [6.45, 7) is 3.22. The fourth-order valence-corrected chi connectivity index (χ4v) is 2.31. The molecule has 6 heteroatoms. The Kier molecular flexibility index (Phi) is 15.6. The lowest BCUT2D eigenvalue weighted by atomic mass is 10.0. The van der Waals surface area contributed by atoms with Crippen LogP contribution >= 0.6 is 11.9 Å². The Morgan fingerprint density at radius 2 is 1.33 bits per heavy atom. The van der Waals surface area contributed by atoms with E-state index in [1.165, 1.54) is 25.7 Å². The Bertz CT molecular complexity index is 382. The van der Waals surface area contributed by atoms with Crippen molar-refractivity contribution in [2.45, 2.75) is 77.0 Å². The number of ether oxygens (including phenoxy) is 1. The second-order valence-corrected chi connectivity index (χ2v) is 5.96. The minimum absolute atomic E-state index is 0.188. The van der Waals surface area contributed by atoms with Gasteiger partial charge in [-0.3, -0.25) is 9.59 Å². The monoisotopic (exact) mass is 360 g/mol. The third-order valence-corrected chi connectivity index (χ3v) is 3.81. The molecule has 0 N–H and O–H groups in total. The van der Waals surface area contributed by atoms with Crippen LogP contribution in [0.5, 0.6) is 0 Å². The first-order chi connectivity index (χ1) is 11.6. The largest absolute Gasteiger partial charge is 0.454 e. The molecule has 0 unspecified atom stereocenters. The van der Waals surface area contributed by atoms with Gasteiger partial charge in [0.05, 0.1) is 0 Å². The van der Waals surface area contributed by atoms with Gasteiger partial charge in [0.1, 0.15) is 17.6 Å². The van der Waals surface area contributed by atoms with E-state index in [4.69, 9.17) is 11.9 Å². The van der Waals surface area contributed by atoms with Crippen LogP contribution < -0.4 is 0 Å². The molecule has 0 aromatic carbocycles. The van der Waals surface area contributed by atoms with Gasteiger partial charge >= 0.3 is 11.9 Å². The minimum Gasteiger partial charge on any atom is -0.454 e. The summed E-state index contributed by atoms with van der Waals surface area (Å²) in [5.41, 5.74) is 0. The van der Waals surface area contributed by atoms with Crippen molar-refractivity contribution in [2.75, 3.05) is 6.61 Å². The normalized spacial score (nSPS) is 10.2. The van der Waals surface area contributed by atoms with Crippen molar-refractivity contribution >= 4 is 29.6 Å². The number of unbranched alkanes of at least 4 members (excludes halogenated alkanes) is 7. The third-order valence-electron chi connectivity index (χ3n) is 3.64. The van der Waals surface area contributed by atoms with E-state index < -0.39 is 18.5 Å². The molecule has 0 bridgehead atoms. The van der Waals surface area contributed by atoms with Crippen LogP contribution in [0.2, 0.25) is 0 Å². The zero-order valence-electron chi connectivity index (χ0n) is 14.4.